The second kappa shape index (κ2) is 6.08. The molecule has 1 atom stereocenters. The number of halogens is 1. The van der Waals surface area contributed by atoms with Crippen molar-refractivity contribution in [2.24, 2.45) is 0 Å². The fraction of sp³-hybridized carbons (Fsp3) is 0.176. The van der Waals surface area contributed by atoms with Gasteiger partial charge in [0.2, 0.25) is 5.91 Å². The number of amides is 2. The lowest BCUT2D eigenvalue weighted by molar-refractivity contribution is -0.121. The predicted octanol–water partition coefficient (Wildman–Crippen LogP) is 2.58. The molecule has 1 fully saturated rings. The van der Waals surface area contributed by atoms with Crippen molar-refractivity contribution in [3.05, 3.63) is 54.3 Å². The van der Waals surface area contributed by atoms with Crippen molar-refractivity contribution in [1.29, 1.82) is 0 Å². The highest BCUT2D eigenvalue weighted by molar-refractivity contribution is 6.23. The molecule has 0 spiro atoms. The zero-order valence-electron chi connectivity index (χ0n) is 12.5. The minimum atomic E-state index is -0.728. The molecule has 2 aromatic rings. The smallest absolute Gasteiger partial charge is 0.256 e. The molecule has 5 nitrogen and oxygen atoms in total. The number of benzene rings is 2. The first-order valence-corrected chi connectivity index (χ1v) is 7.12. The number of hydrogen-bond acceptors (Lipinski definition) is 4. The second-order valence-electron chi connectivity index (χ2n) is 5.15. The Kier molecular flexibility index (Phi) is 3.97. The van der Waals surface area contributed by atoms with Crippen LogP contribution in [0.15, 0.2) is 48.5 Å². The highest BCUT2D eigenvalue weighted by Crippen LogP contribution is 2.32. The third-order valence-corrected chi connectivity index (χ3v) is 3.64. The zero-order chi connectivity index (χ0) is 16.4. The van der Waals surface area contributed by atoms with Crippen LogP contribution in [0.4, 0.5) is 15.8 Å². The molecule has 0 saturated carbocycles. The van der Waals surface area contributed by atoms with Gasteiger partial charge in [-0.2, -0.15) is 0 Å². The van der Waals surface area contributed by atoms with Crippen molar-refractivity contribution in [3.63, 3.8) is 0 Å². The maximum Gasteiger partial charge on any atom is 0.256 e. The Bertz CT molecular complexity index is 763. The summed E-state index contributed by atoms with van der Waals surface area (Å²) < 4.78 is 18.4. The highest BCUT2D eigenvalue weighted by Gasteiger charge is 2.40. The maximum absolute atomic E-state index is 13.2. The van der Waals surface area contributed by atoms with Crippen LogP contribution in [0, 0.1) is 5.82 Å². The Morgan fingerprint density at radius 3 is 2.70 bits per heavy atom. The third kappa shape index (κ3) is 2.88. The van der Waals surface area contributed by atoms with Crippen LogP contribution in [-0.2, 0) is 9.59 Å². The van der Waals surface area contributed by atoms with Gasteiger partial charge in [0.25, 0.3) is 5.91 Å². The van der Waals surface area contributed by atoms with Gasteiger partial charge in [0.1, 0.15) is 17.6 Å². The van der Waals surface area contributed by atoms with Crippen LogP contribution in [0.2, 0.25) is 0 Å². The summed E-state index contributed by atoms with van der Waals surface area (Å²) in [5.74, 6) is -0.675. The van der Waals surface area contributed by atoms with Crippen LogP contribution in [0.1, 0.15) is 6.42 Å². The average molecular weight is 314 g/mol. The Balaban J connectivity index is 1.85. The zero-order valence-corrected chi connectivity index (χ0v) is 12.5. The molecule has 2 amide bonds. The van der Waals surface area contributed by atoms with Crippen LogP contribution in [0.5, 0.6) is 5.75 Å². The number of rotatable bonds is 4. The molecule has 1 saturated heterocycles. The molecule has 6 heteroatoms. The van der Waals surface area contributed by atoms with Crippen LogP contribution < -0.4 is 15.0 Å². The van der Waals surface area contributed by atoms with E-state index in [1.807, 2.05) is 0 Å². The van der Waals surface area contributed by atoms with E-state index in [2.05, 4.69) is 5.32 Å². The quantitative estimate of drug-likeness (QED) is 0.881. The molecule has 1 aliphatic rings. The highest BCUT2D eigenvalue weighted by atomic mass is 19.1. The summed E-state index contributed by atoms with van der Waals surface area (Å²) in [7, 11) is 1.48. The van der Waals surface area contributed by atoms with Crippen molar-refractivity contribution in [2.75, 3.05) is 17.3 Å². The Morgan fingerprint density at radius 1 is 1.17 bits per heavy atom. The maximum atomic E-state index is 13.2. The molecule has 23 heavy (non-hydrogen) atoms. The van der Waals surface area contributed by atoms with Gasteiger partial charge in [-0.05, 0) is 30.3 Å². The van der Waals surface area contributed by atoms with E-state index in [-0.39, 0.29) is 18.2 Å². The van der Waals surface area contributed by atoms with Crippen LogP contribution in [0.25, 0.3) is 0 Å². The number of para-hydroxylation sites is 2. The van der Waals surface area contributed by atoms with E-state index in [4.69, 9.17) is 4.74 Å². The summed E-state index contributed by atoms with van der Waals surface area (Å²) in [5, 5.41) is 2.91. The minimum absolute atomic E-state index is 0.00734. The van der Waals surface area contributed by atoms with E-state index in [0.29, 0.717) is 17.1 Å². The van der Waals surface area contributed by atoms with E-state index in [9.17, 15) is 14.0 Å². The molecule has 0 aromatic heterocycles. The average Bonchev–Trinajstić information content (AvgIpc) is 2.81. The van der Waals surface area contributed by atoms with Crippen LogP contribution in [-0.4, -0.2) is 25.0 Å². The number of anilines is 2. The molecular formula is C17H15FN2O3. The molecule has 0 radical (unpaired) electrons. The number of nitrogens with one attached hydrogen (secondary N) is 1. The Hall–Kier alpha value is -2.89. The molecule has 3 rings (SSSR count). The molecule has 2 aromatic carbocycles. The standard InChI is InChI=1S/C17H15FN2O3/c1-23-15-8-3-2-7-14(15)20-16(21)10-13(17(20)22)19-12-6-4-5-11(18)9-12/h2-9,13,19H,10H2,1H3/t13-/m0/s1. The first-order valence-electron chi connectivity index (χ1n) is 7.12. The molecule has 0 bridgehead atoms. The number of carbonyl (C=O) groups is 2. The third-order valence-electron chi connectivity index (χ3n) is 3.64. The van der Waals surface area contributed by atoms with Crippen molar-refractivity contribution in [1.82, 2.24) is 0 Å². The minimum Gasteiger partial charge on any atom is -0.495 e. The summed E-state index contributed by atoms with van der Waals surface area (Å²) in [6, 6.07) is 11.9. The van der Waals surface area contributed by atoms with E-state index in [1.54, 1.807) is 30.3 Å². The summed E-state index contributed by atoms with van der Waals surface area (Å²) in [4.78, 5) is 25.9. The van der Waals surface area contributed by atoms with Crippen LogP contribution >= 0.6 is 0 Å². The molecular weight excluding hydrogens is 299 g/mol. The topological polar surface area (TPSA) is 58.6 Å². The van der Waals surface area contributed by atoms with Crippen molar-refractivity contribution in [2.45, 2.75) is 12.5 Å². The Morgan fingerprint density at radius 2 is 1.96 bits per heavy atom. The number of carbonyl (C=O) groups excluding carboxylic acids is 2. The number of methoxy groups -OCH3 is 1. The van der Waals surface area contributed by atoms with Crippen molar-refractivity contribution >= 4 is 23.2 Å². The van der Waals surface area contributed by atoms with Gasteiger partial charge in [-0.15, -0.1) is 0 Å². The van der Waals surface area contributed by atoms with Gasteiger partial charge < -0.3 is 10.1 Å². The second-order valence-corrected chi connectivity index (χ2v) is 5.15. The van der Waals surface area contributed by atoms with E-state index in [0.717, 1.165) is 4.90 Å². The lowest BCUT2D eigenvalue weighted by Crippen LogP contribution is -2.35. The van der Waals surface area contributed by atoms with Gasteiger partial charge in [0.15, 0.2) is 0 Å². The largest absolute Gasteiger partial charge is 0.495 e. The monoisotopic (exact) mass is 314 g/mol. The van der Waals surface area contributed by atoms with E-state index in [1.165, 1.54) is 25.3 Å². The van der Waals surface area contributed by atoms with Gasteiger partial charge in [-0.3, -0.25) is 9.59 Å². The van der Waals surface area contributed by atoms with E-state index < -0.39 is 11.9 Å². The lowest BCUT2D eigenvalue weighted by atomic mass is 10.2. The number of nitrogens with zero attached hydrogens (tertiary/aromatic N) is 1. The molecule has 118 valence electrons. The fourth-order valence-electron chi connectivity index (χ4n) is 2.59. The first-order chi connectivity index (χ1) is 11.1. The van der Waals surface area contributed by atoms with E-state index >= 15 is 0 Å². The summed E-state index contributed by atoms with van der Waals surface area (Å²) in [6.07, 6.45) is 0.00734. The molecule has 1 heterocycles. The predicted molar refractivity (Wildman–Crippen MR) is 83.9 cm³/mol. The molecule has 1 aliphatic heterocycles. The van der Waals surface area contributed by atoms with Gasteiger partial charge in [-0.25, -0.2) is 9.29 Å². The van der Waals surface area contributed by atoms with Crippen LogP contribution in [0.3, 0.4) is 0 Å². The summed E-state index contributed by atoms with van der Waals surface area (Å²) >= 11 is 0. The molecule has 1 N–H and O–H groups in total. The number of imide groups is 1. The fourth-order valence-corrected chi connectivity index (χ4v) is 2.59. The number of ether oxygens (including phenoxy) is 1. The summed E-state index contributed by atoms with van der Waals surface area (Å²) in [5.41, 5.74) is 0.867. The molecule has 0 aliphatic carbocycles. The van der Waals surface area contributed by atoms with Gasteiger partial charge in [-0.1, -0.05) is 18.2 Å². The normalized spacial score (nSPS) is 17.5. The SMILES string of the molecule is COc1ccccc1N1C(=O)C[C@H](Nc2cccc(F)c2)C1=O. The lowest BCUT2D eigenvalue weighted by Gasteiger charge is -2.18. The van der Waals surface area contributed by atoms with Crippen molar-refractivity contribution in [3.8, 4) is 5.75 Å². The van der Waals surface area contributed by atoms with Gasteiger partial charge in [0, 0.05) is 5.69 Å². The summed E-state index contributed by atoms with van der Waals surface area (Å²) in [6.45, 7) is 0. The molecule has 0 unspecified atom stereocenters. The van der Waals surface area contributed by atoms with Gasteiger partial charge in [0.05, 0.1) is 19.2 Å². The van der Waals surface area contributed by atoms with Crippen molar-refractivity contribution < 1.29 is 18.7 Å². The first kappa shape index (κ1) is 15.0. The Labute approximate surface area is 132 Å². The number of hydrogen-bond donors (Lipinski definition) is 1. The van der Waals surface area contributed by atoms with Gasteiger partial charge >= 0.3 is 0 Å².